The fraction of sp³-hybridized carbons (Fsp3) is 0.900. The fourth-order valence-electron chi connectivity index (χ4n) is 5.13. The summed E-state index contributed by atoms with van der Waals surface area (Å²) in [6, 6.07) is 0. The maximum atomic E-state index is 12.5. The standard InChI is InChI=1S/C20H33NO4/c22-19(23)13-16-4-3-15-12-17(5-6-18(15)20(16)24)25-11-1-2-14-7-9-21-10-8-14/h14-18,21H,1-13H2,(H,22,23). The first-order chi connectivity index (χ1) is 12.1. The molecule has 0 aromatic rings. The Balaban J connectivity index is 1.36. The lowest BCUT2D eigenvalue weighted by atomic mass is 9.65. The lowest BCUT2D eigenvalue weighted by molar-refractivity contribution is -0.145. The van der Waals surface area contributed by atoms with Crippen LogP contribution in [-0.2, 0) is 14.3 Å². The quantitative estimate of drug-likeness (QED) is 0.690. The van der Waals surface area contributed by atoms with Gasteiger partial charge in [0.15, 0.2) is 0 Å². The van der Waals surface area contributed by atoms with Crippen molar-refractivity contribution in [1.29, 1.82) is 0 Å². The Bertz CT molecular complexity index is 461. The number of fused-ring (bicyclic) bond motifs is 1. The summed E-state index contributed by atoms with van der Waals surface area (Å²) in [4.78, 5) is 23.4. The third kappa shape index (κ3) is 5.27. The van der Waals surface area contributed by atoms with Gasteiger partial charge in [0.05, 0.1) is 12.5 Å². The SMILES string of the molecule is O=C(O)CC1CCC2CC(OCCCC3CCNCC3)CCC2C1=O. The number of nitrogens with one attached hydrogen (secondary N) is 1. The monoisotopic (exact) mass is 351 g/mol. The molecule has 3 aliphatic rings. The molecular weight excluding hydrogens is 318 g/mol. The second-order valence-corrected chi connectivity index (χ2v) is 8.28. The van der Waals surface area contributed by atoms with E-state index in [4.69, 9.17) is 9.84 Å². The predicted octanol–water partition coefficient (Wildman–Crippen LogP) is 3.02. The maximum Gasteiger partial charge on any atom is 0.304 e. The van der Waals surface area contributed by atoms with Crippen LogP contribution in [0.15, 0.2) is 0 Å². The van der Waals surface area contributed by atoms with E-state index in [0.29, 0.717) is 12.0 Å². The van der Waals surface area contributed by atoms with Crippen LogP contribution in [0.4, 0.5) is 0 Å². The minimum absolute atomic E-state index is 0.0126. The number of Topliss-reactive ketones (excluding diaryl/α,β-unsaturated/α-hetero) is 1. The summed E-state index contributed by atoms with van der Waals surface area (Å²) in [7, 11) is 0. The number of carboxylic acid groups (broad SMARTS) is 1. The number of carbonyl (C=O) groups is 2. The van der Waals surface area contributed by atoms with Crippen LogP contribution in [0.3, 0.4) is 0 Å². The minimum Gasteiger partial charge on any atom is -0.481 e. The third-order valence-corrected chi connectivity index (χ3v) is 6.58. The molecule has 1 heterocycles. The van der Waals surface area contributed by atoms with Crippen molar-refractivity contribution >= 4 is 11.8 Å². The number of aliphatic carboxylic acids is 1. The molecule has 0 aromatic carbocycles. The van der Waals surface area contributed by atoms with Crippen molar-refractivity contribution < 1.29 is 19.4 Å². The van der Waals surface area contributed by atoms with Gasteiger partial charge in [0.25, 0.3) is 0 Å². The van der Waals surface area contributed by atoms with Gasteiger partial charge in [0, 0.05) is 18.4 Å². The van der Waals surface area contributed by atoms with Gasteiger partial charge in [-0.2, -0.15) is 0 Å². The van der Waals surface area contributed by atoms with E-state index in [0.717, 1.165) is 64.1 Å². The Labute approximate surface area is 150 Å². The van der Waals surface area contributed by atoms with E-state index in [9.17, 15) is 9.59 Å². The van der Waals surface area contributed by atoms with E-state index in [-0.39, 0.29) is 24.0 Å². The molecule has 25 heavy (non-hydrogen) atoms. The number of hydrogen-bond acceptors (Lipinski definition) is 4. The molecule has 2 N–H and O–H groups in total. The lowest BCUT2D eigenvalue weighted by Gasteiger charge is -2.40. The molecule has 2 aliphatic carbocycles. The average molecular weight is 351 g/mol. The number of piperidine rings is 1. The average Bonchev–Trinajstić information content (AvgIpc) is 2.62. The van der Waals surface area contributed by atoms with Crippen molar-refractivity contribution in [1.82, 2.24) is 5.32 Å². The van der Waals surface area contributed by atoms with Crippen molar-refractivity contribution in [2.24, 2.45) is 23.7 Å². The molecule has 0 radical (unpaired) electrons. The summed E-state index contributed by atoms with van der Waals surface area (Å²) in [5.74, 6) is 0.489. The summed E-state index contributed by atoms with van der Waals surface area (Å²) in [6.45, 7) is 3.17. The maximum absolute atomic E-state index is 12.5. The summed E-state index contributed by atoms with van der Waals surface area (Å²) in [6.07, 6.45) is 9.90. The molecule has 0 amide bonds. The van der Waals surface area contributed by atoms with Crippen molar-refractivity contribution in [3.8, 4) is 0 Å². The molecule has 5 heteroatoms. The van der Waals surface area contributed by atoms with Gasteiger partial charge in [-0.15, -0.1) is 0 Å². The van der Waals surface area contributed by atoms with Crippen LogP contribution in [0, 0.1) is 23.7 Å². The third-order valence-electron chi connectivity index (χ3n) is 6.58. The molecule has 2 saturated carbocycles. The van der Waals surface area contributed by atoms with Crippen LogP contribution in [-0.4, -0.2) is 42.7 Å². The number of carbonyl (C=O) groups excluding carboxylic acids is 1. The van der Waals surface area contributed by atoms with Crippen LogP contribution in [0.25, 0.3) is 0 Å². The van der Waals surface area contributed by atoms with E-state index in [2.05, 4.69) is 5.32 Å². The zero-order valence-electron chi connectivity index (χ0n) is 15.3. The molecular formula is C20H33NO4. The molecule has 142 valence electrons. The van der Waals surface area contributed by atoms with Gasteiger partial charge in [0.2, 0.25) is 0 Å². The van der Waals surface area contributed by atoms with Crippen LogP contribution in [0.1, 0.15) is 64.2 Å². The van der Waals surface area contributed by atoms with Gasteiger partial charge in [-0.05, 0) is 82.7 Å². The van der Waals surface area contributed by atoms with Gasteiger partial charge in [-0.25, -0.2) is 0 Å². The number of rotatable bonds is 7. The highest BCUT2D eigenvalue weighted by molar-refractivity contribution is 5.87. The Morgan fingerprint density at radius 1 is 1.12 bits per heavy atom. The number of hydrogen-bond donors (Lipinski definition) is 2. The van der Waals surface area contributed by atoms with Gasteiger partial charge >= 0.3 is 5.97 Å². The van der Waals surface area contributed by atoms with E-state index >= 15 is 0 Å². The van der Waals surface area contributed by atoms with Crippen molar-refractivity contribution in [2.45, 2.75) is 70.3 Å². The molecule has 4 atom stereocenters. The van der Waals surface area contributed by atoms with E-state index < -0.39 is 5.97 Å². The Morgan fingerprint density at radius 3 is 2.68 bits per heavy atom. The zero-order chi connectivity index (χ0) is 17.6. The molecule has 3 rings (SSSR count). The van der Waals surface area contributed by atoms with E-state index in [1.165, 1.54) is 19.3 Å². The molecule has 4 unspecified atom stereocenters. The smallest absolute Gasteiger partial charge is 0.304 e. The fourth-order valence-corrected chi connectivity index (χ4v) is 5.13. The second kappa shape index (κ2) is 9.13. The largest absolute Gasteiger partial charge is 0.481 e. The summed E-state index contributed by atoms with van der Waals surface area (Å²) >= 11 is 0. The van der Waals surface area contributed by atoms with Crippen LogP contribution in [0.2, 0.25) is 0 Å². The van der Waals surface area contributed by atoms with Crippen LogP contribution in [0.5, 0.6) is 0 Å². The van der Waals surface area contributed by atoms with Gasteiger partial charge in [-0.3, -0.25) is 9.59 Å². The highest BCUT2D eigenvalue weighted by Gasteiger charge is 2.42. The Hall–Kier alpha value is -0.940. The number of ether oxygens (including phenoxy) is 1. The van der Waals surface area contributed by atoms with E-state index in [1.54, 1.807) is 0 Å². The number of carboxylic acids is 1. The highest BCUT2D eigenvalue weighted by Crippen LogP contribution is 2.42. The van der Waals surface area contributed by atoms with Gasteiger partial charge in [-0.1, -0.05) is 0 Å². The summed E-state index contributed by atoms with van der Waals surface area (Å²) in [5, 5.41) is 12.4. The first kappa shape index (κ1) is 18.8. The molecule has 3 fully saturated rings. The topological polar surface area (TPSA) is 75.6 Å². The van der Waals surface area contributed by atoms with Crippen molar-refractivity contribution in [2.75, 3.05) is 19.7 Å². The zero-order valence-corrected chi connectivity index (χ0v) is 15.3. The molecule has 1 aliphatic heterocycles. The Morgan fingerprint density at radius 2 is 1.92 bits per heavy atom. The molecule has 0 bridgehead atoms. The summed E-state index contributed by atoms with van der Waals surface area (Å²) < 4.78 is 6.13. The molecule has 1 saturated heterocycles. The number of ketones is 1. The molecule has 5 nitrogen and oxygen atoms in total. The van der Waals surface area contributed by atoms with Gasteiger partial charge < -0.3 is 15.2 Å². The predicted molar refractivity (Wildman–Crippen MR) is 95.4 cm³/mol. The normalized spacial score (nSPS) is 33.8. The Kier molecular flexibility index (Phi) is 6.88. The van der Waals surface area contributed by atoms with Crippen molar-refractivity contribution in [3.63, 3.8) is 0 Å². The lowest BCUT2D eigenvalue weighted by Crippen LogP contribution is -2.41. The van der Waals surface area contributed by atoms with Gasteiger partial charge in [0.1, 0.15) is 5.78 Å². The van der Waals surface area contributed by atoms with Crippen LogP contribution < -0.4 is 5.32 Å². The second-order valence-electron chi connectivity index (χ2n) is 8.28. The van der Waals surface area contributed by atoms with Crippen molar-refractivity contribution in [3.05, 3.63) is 0 Å². The molecule has 0 spiro atoms. The summed E-state index contributed by atoms with van der Waals surface area (Å²) in [5.41, 5.74) is 0. The van der Waals surface area contributed by atoms with Crippen LogP contribution >= 0.6 is 0 Å². The van der Waals surface area contributed by atoms with E-state index in [1.807, 2.05) is 0 Å². The minimum atomic E-state index is -0.845. The molecule has 0 aromatic heterocycles. The highest BCUT2D eigenvalue weighted by atomic mass is 16.5. The first-order valence-corrected chi connectivity index (χ1v) is 10.2. The first-order valence-electron chi connectivity index (χ1n) is 10.2.